The van der Waals surface area contributed by atoms with E-state index in [-0.39, 0.29) is 5.91 Å². The number of fused-ring (bicyclic) bond motifs is 1. The number of hydrogen-bond donors (Lipinski definition) is 1. The molecule has 0 atom stereocenters. The molecule has 1 aliphatic rings. The Morgan fingerprint density at radius 1 is 1.35 bits per heavy atom. The van der Waals surface area contributed by atoms with Gasteiger partial charge in [0.15, 0.2) is 0 Å². The SMILES string of the molecule is CCN1CCC(NC(=O)c2csc3ccccc23)CC1. The third-order valence-electron chi connectivity index (χ3n) is 4.10. The Bertz CT molecular complexity index is 599. The molecule has 4 heteroatoms. The number of rotatable bonds is 3. The van der Waals surface area contributed by atoms with E-state index in [0.717, 1.165) is 43.4 Å². The topological polar surface area (TPSA) is 32.3 Å². The van der Waals surface area contributed by atoms with Crippen molar-refractivity contribution in [2.45, 2.75) is 25.8 Å². The molecule has 106 valence electrons. The van der Waals surface area contributed by atoms with Gasteiger partial charge in [-0.25, -0.2) is 0 Å². The van der Waals surface area contributed by atoms with Crippen molar-refractivity contribution in [3.8, 4) is 0 Å². The summed E-state index contributed by atoms with van der Waals surface area (Å²) < 4.78 is 1.18. The molecule has 2 aromatic rings. The highest BCUT2D eigenvalue weighted by Gasteiger charge is 2.21. The van der Waals surface area contributed by atoms with Gasteiger partial charge in [-0.2, -0.15) is 0 Å². The smallest absolute Gasteiger partial charge is 0.252 e. The summed E-state index contributed by atoms with van der Waals surface area (Å²) in [6.45, 7) is 5.48. The average Bonchev–Trinajstić information content (AvgIpc) is 2.92. The Morgan fingerprint density at radius 2 is 2.10 bits per heavy atom. The fourth-order valence-electron chi connectivity index (χ4n) is 2.81. The number of nitrogens with zero attached hydrogens (tertiary/aromatic N) is 1. The Labute approximate surface area is 123 Å². The van der Waals surface area contributed by atoms with E-state index in [9.17, 15) is 4.79 Å². The molecule has 0 radical (unpaired) electrons. The first kappa shape index (κ1) is 13.6. The number of likely N-dealkylation sites (tertiary alicyclic amines) is 1. The van der Waals surface area contributed by atoms with E-state index in [4.69, 9.17) is 0 Å². The van der Waals surface area contributed by atoms with Gasteiger partial charge in [0, 0.05) is 34.6 Å². The van der Waals surface area contributed by atoms with Crippen molar-refractivity contribution in [2.75, 3.05) is 19.6 Å². The Hall–Kier alpha value is -1.39. The van der Waals surface area contributed by atoms with Crippen LogP contribution in [0.2, 0.25) is 0 Å². The number of carbonyl (C=O) groups is 1. The molecule has 1 aliphatic heterocycles. The summed E-state index contributed by atoms with van der Waals surface area (Å²) in [6, 6.07) is 8.42. The van der Waals surface area contributed by atoms with Gasteiger partial charge in [0.25, 0.3) is 5.91 Å². The lowest BCUT2D eigenvalue weighted by molar-refractivity contribution is 0.0915. The van der Waals surface area contributed by atoms with Crippen LogP contribution in [-0.2, 0) is 0 Å². The monoisotopic (exact) mass is 288 g/mol. The van der Waals surface area contributed by atoms with Crippen LogP contribution in [0.3, 0.4) is 0 Å². The van der Waals surface area contributed by atoms with Crippen LogP contribution in [0, 0.1) is 0 Å². The predicted octanol–water partition coefficient (Wildman–Crippen LogP) is 3.12. The van der Waals surface area contributed by atoms with Crippen LogP contribution in [0.15, 0.2) is 29.6 Å². The van der Waals surface area contributed by atoms with Crippen LogP contribution in [-0.4, -0.2) is 36.5 Å². The molecule has 0 saturated carbocycles. The lowest BCUT2D eigenvalue weighted by atomic mass is 10.0. The van der Waals surface area contributed by atoms with E-state index in [0.29, 0.717) is 6.04 Å². The summed E-state index contributed by atoms with van der Waals surface area (Å²) in [5, 5.41) is 6.24. The third kappa shape index (κ3) is 2.72. The van der Waals surface area contributed by atoms with E-state index in [2.05, 4.69) is 23.2 Å². The Kier molecular flexibility index (Phi) is 4.03. The highest BCUT2D eigenvalue weighted by Crippen LogP contribution is 2.25. The molecule has 1 N–H and O–H groups in total. The molecule has 2 heterocycles. The second-order valence-corrected chi connectivity index (χ2v) is 6.24. The maximum Gasteiger partial charge on any atom is 0.252 e. The number of nitrogens with one attached hydrogen (secondary N) is 1. The minimum Gasteiger partial charge on any atom is -0.349 e. The van der Waals surface area contributed by atoms with Gasteiger partial charge in [-0.3, -0.25) is 4.79 Å². The molecule has 3 rings (SSSR count). The number of thiophene rings is 1. The number of carbonyl (C=O) groups excluding carboxylic acids is 1. The van der Waals surface area contributed by atoms with Crippen molar-refractivity contribution < 1.29 is 4.79 Å². The van der Waals surface area contributed by atoms with Crippen molar-refractivity contribution in [2.24, 2.45) is 0 Å². The van der Waals surface area contributed by atoms with Crippen LogP contribution >= 0.6 is 11.3 Å². The van der Waals surface area contributed by atoms with Crippen molar-refractivity contribution in [3.05, 3.63) is 35.2 Å². The molecule has 0 spiro atoms. The highest BCUT2D eigenvalue weighted by molar-refractivity contribution is 7.17. The molecule has 1 aromatic carbocycles. The molecule has 1 aromatic heterocycles. The van der Waals surface area contributed by atoms with Crippen molar-refractivity contribution >= 4 is 27.3 Å². The number of amides is 1. The normalized spacial score (nSPS) is 17.4. The zero-order valence-electron chi connectivity index (χ0n) is 11.8. The zero-order chi connectivity index (χ0) is 13.9. The van der Waals surface area contributed by atoms with Crippen molar-refractivity contribution in [1.82, 2.24) is 10.2 Å². The minimum atomic E-state index is 0.0809. The first-order chi connectivity index (χ1) is 9.78. The molecule has 1 amide bonds. The molecule has 1 saturated heterocycles. The van der Waals surface area contributed by atoms with Crippen LogP contribution in [0.25, 0.3) is 10.1 Å². The number of hydrogen-bond acceptors (Lipinski definition) is 3. The Morgan fingerprint density at radius 3 is 2.85 bits per heavy atom. The van der Waals surface area contributed by atoms with Gasteiger partial charge < -0.3 is 10.2 Å². The Balaban J connectivity index is 1.68. The van der Waals surface area contributed by atoms with Gasteiger partial charge in [-0.15, -0.1) is 11.3 Å². The summed E-state index contributed by atoms with van der Waals surface area (Å²) >= 11 is 1.64. The molecule has 1 fully saturated rings. The van der Waals surface area contributed by atoms with E-state index < -0.39 is 0 Å². The van der Waals surface area contributed by atoms with Crippen LogP contribution in [0.4, 0.5) is 0 Å². The van der Waals surface area contributed by atoms with E-state index >= 15 is 0 Å². The van der Waals surface area contributed by atoms with Gasteiger partial charge in [-0.1, -0.05) is 25.1 Å². The first-order valence-electron chi connectivity index (χ1n) is 7.27. The second-order valence-electron chi connectivity index (χ2n) is 5.33. The average molecular weight is 288 g/mol. The van der Waals surface area contributed by atoms with Gasteiger partial charge in [0.05, 0.1) is 5.56 Å². The standard InChI is InChI=1S/C16H20N2OS/c1-2-18-9-7-12(8-10-18)17-16(19)14-11-20-15-6-4-3-5-13(14)15/h3-6,11-12H,2,7-10H2,1H3,(H,17,19). The lowest BCUT2D eigenvalue weighted by Gasteiger charge is -2.31. The van der Waals surface area contributed by atoms with Crippen molar-refractivity contribution in [3.63, 3.8) is 0 Å². The molecule has 3 nitrogen and oxygen atoms in total. The fraction of sp³-hybridized carbons (Fsp3) is 0.438. The van der Waals surface area contributed by atoms with E-state index in [1.165, 1.54) is 4.70 Å². The quantitative estimate of drug-likeness (QED) is 0.941. The second kappa shape index (κ2) is 5.94. The largest absolute Gasteiger partial charge is 0.349 e. The summed E-state index contributed by atoms with van der Waals surface area (Å²) in [5.74, 6) is 0.0809. The van der Waals surface area contributed by atoms with Crippen LogP contribution in [0.5, 0.6) is 0 Å². The van der Waals surface area contributed by atoms with Gasteiger partial charge >= 0.3 is 0 Å². The number of piperidine rings is 1. The zero-order valence-corrected chi connectivity index (χ0v) is 12.6. The van der Waals surface area contributed by atoms with E-state index in [1.54, 1.807) is 11.3 Å². The molecule has 0 aliphatic carbocycles. The summed E-state index contributed by atoms with van der Waals surface area (Å²) in [5.41, 5.74) is 0.823. The fourth-order valence-corrected chi connectivity index (χ4v) is 3.75. The van der Waals surface area contributed by atoms with E-state index in [1.807, 2.05) is 23.6 Å². The van der Waals surface area contributed by atoms with Gasteiger partial charge in [-0.05, 0) is 25.5 Å². The first-order valence-corrected chi connectivity index (χ1v) is 8.15. The molecule has 0 bridgehead atoms. The molecule has 0 unspecified atom stereocenters. The van der Waals surface area contributed by atoms with Gasteiger partial charge in [0.2, 0.25) is 0 Å². The maximum absolute atomic E-state index is 12.4. The highest BCUT2D eigenvalue weighted by atomic mass is 32.1. The molecule has 20 heavy (non-hydrogen) atoms. The summed E-state index contributed by atoms with van der Waals surface area (Å²) in [7, 11) is 0. The van der Waals surface area contributed by atoms with Crippen molar-refractivity contribution in [1.29, 1.82) is 0 Å². The third-order valence-corrected chi connectivity index (χ3v) is 5.06. The number of benzene rings is 1. The minimum absolute atomic E-state index is 0.0809. The van der Waals surface area contributed by atoms with Crippen LogP contribution < -0.4 is 5.32 Å². The molecular weight excluding hydrogens is 268 g/mol. The lowest BCUT2D eigenvalue weighted by Crippen LogP contribution is -2.44. The summed E-state index contributed by atoms with van der Waals surface area (Å²) in [6.07, 6.45) is 2.11. The van der Waals surface area contributed by atoms with Gasteiger partial charge in [0.1, 0.15) is 0 Å². The predicted molar refractivity (Wildman–Crippen MR) is 84.4 cm³/mol. The maximum atomic E-state index is 12.4. The molecular formula is C16H20N2OS. The van der Waals surface area contributed by atoms with Crippen LogP contribution in [0.1, 0.15) is 30.1 Å². The summed E-state index contributed by atoms with van der Waals surface area (Å²) in [4.78, 5) is 14.9.